The normalized spacial score (nSPS) is 16.1. The van der Waals surface area contributed by atoms with Crippen molar-refractivity contribution in [1.82, 2.24) is 0 Å². The summed E-state index contributed by atoms with van der Waals surface area (Å²) < 4.78 is 76.6. The molecule has 0 aromatic carbocycles. The van der Waals surface area contributed by atoms with Crippen LogP contribution in [0.1, 0.15) is 21.1 Å². The van der Waals surface area contributed by atoms with Gasteiger partial charge in [0, 0.05) is 14.2 Å². The summed E-state index contributed by atoms with van der Waals surface area (Å²) in [5, 5.41) is 0. The van der Waals surface area contributed by atoms with E-state index < -0.39 is 31.1 Å². The largest absolute Gasteiger partial charge is 0.389 e. The lowest BCUT2D eigenvalue weighted by Gasteiger charge is -2.15. The van der Waals surface area contributed by atoms with E-state index in [1.807, 2.05) is 0 Å². The summed E-state index contributed by atoms with van der Waals surface area (Å²) in [7, 11) is 0. The van der Waals surface area contributed by atoms with Gasteiger partial charge in [0.2, 0.25) is 0 Å². The Bertz CT molecular complexity index is 149. The van der Waals surface area contributed by atoms with Crippen molar-refractivity contribution in [3.8, 4) is 0 Å². The predicted octanol–water partition coefficient (Wildman–Crippen LogP) is 3.53. The fourth-order valence-electron chi connectivity index (χ4n) is 0.747. The smallest absolute Gasteiger partial charge is 0.171 e. The highest BCUT2D eigenvalue weighted by atomic mass is 19.4. The predicted molar refractivity (Wildman–Crippen MR) is 30.5 cm³/mol. The summed E-state index contributed by atoms with van der Waals surface area (Å²) in [6.45, 7) is 0.619. The number of halogens is 6. The molecule has 0 amide bonds. The van der Waals surface area contributed by atoms with Gasteiger partial charge in [-0.05, 0) is 5.89 Å². The Morgan fingerprint density at radius 3 is 1.42 bits per heavy atom. The number of hydrogen-bond donors (Lipinski definition) is 0. The molecule has 0 N–H and O–H groups in total. The van der Waals surface area contributed by atoms with E-state index in [1.165, 1.54) is 0 Å². The van der Waals surface area contributed by atoms with E-state index in [0.29, 0.717) is 6.92 Å². The fourth-order valence-corrected chi connectivity index (χ4v) is 0.747. The van der Waals surface area contributed by atoms with E-state index in [1.54, 1.807) is 0 Å². The van der Waals surface area contributed by atoms with Crippen LogP contribution in [0.5, 0.6) is 0 Å². The maximum absolute atomic E-state index is 11.6. The third-order valence-corrected chi connectivity index (χ3v) is 1.00. The number of alkyl halides is 6. The first-order valence-corrected chi connectivity index (χ1v) is 3.05. The van der Waals surface area contributed by atoms with Gasteiger partial charge in [-0.25, -0.2) is 0 Å². The topological polar surface area (TPSA) is 0 Å². The highest BCUT2D eigenvalue weighted by Gasteiger charge is 2.36. The number of rotatable bonds is 2. The second-order valence-corrected chi connectivity index (χ2v) is 2.54. The molecular weight excluding hydrogens is 186 g/mol. The van der Waals surface area contributed by atoms with Crippen molar-refractivity contribution < 1.29 is 27.7 Å². The van der Waals surface area contributed by atoms with Crippen molar-refractivity contribution in [2.24, 2.45) is 5.89 Å². The minimum Gasteiger partial charge on any atom is -0.171 e. The molecule has 0 fully saturated rings. The van der Waals surface area contributed by atoms with Gasteiger partial charge in [-0.15, -0.1) is 0 Å². The monoisotopic (exact) mass is 195 g/mol. The van der Waals surface area contributed by atoms with Crippen molar-refractivity contribution in [1.29, 1.82) is 0 Å². The summed E-state index contributed by atoms with van der Waals surface area (Å²) in [6.07, 6.45) is -13.0. The lowest BCUT2D eigenvalue weighted by atomic mass is 10.0. The van der Waals surface area contributed by atoms with Crippen molar-refractivity contribution in [3.05, 3.63) is 0 Å². The molecule has 0 aliphatic rings. The molecule has 0 unspecified atom stereocenters. The third-order valence-electron chi connectivity index (χ3n) is 1.00. The molecule has 0 aliphatic heterocycles. The molecule has 0 nitrogen and oxygen atoms in total. The maximum Gasteiger partial charge on any atom is 0.389 e. The van der Waals surface area contributed by atoms with Crippen LogP contribution in [0.3, 0.4) is 0 Å². The van der Waals surface area contributed by atoms with Gasteiger partial charge >= 0.3 is 12.4 Å². The third kappa shape index (κ3) is 7.68. The first-order valence-electron chi connectivity index (χ1n) is 3.55. The Kier molecular flexibility index (Phi) is 2.85. The van der Waals surface area contributed by atoms with Crippen molar-refractivity contribution in [2.45, 2.75) is 32.1 Å². The molecule has 0 radical (unpaired) electrons. The first kappa shape index (κ1) is 9.67. The van der Waals surface area contributed by atoms with Crippen molar-refractivity contribution in [2.75, 3.05) is 0 Å². The van der Waals surface area contributed by atoms with Gasteiger partial charge in [-0.1, -0.05) is 6.92 Å². The molecule has 6 heteroatoms. The van der Waals surface area contributed by atoms with Crippen LogP contribution in [0.25, 0.3) is 0 Å². The van der Waals surface area contributed by atoms with Gasteiger partial charge in [0.25, 0.3) is 0 Å². The molecule has 0 heterocycles. The van der Waals surface area contributed by atoms with Crippen LogP contribution in [0.4, 0.5) is 26.3 Å². The Labute approximate surface area is 67.0 Å². The van der Waals surface area contributed by atoms with E-state index in [4.69, 9.17) is 1.37 Å². The van der Waals surface area contributed by atoms with Gasteiger partial charge in [0.15, 0.2) is 0 Å². The van der Waals surface area contributed by atoms with Crippen LogP contribution >= 0.6 is 0 Å². The van der Waals surface area contributed by atoms with Gasteiger partial charge in [0.05, 0.1) is 0 Å². The Morgan fingerprint density at radius 1 is 1.00 bits per heavy atom. The first-order chi connectivity index (χ1) is 5.41. The Balaban J connectivity index is 4.25. The average molecular weight is 195 g/mol. The second kappa shape index (κ2) is 3.53. The summed E-state index contributed by atoms with van der Waals surface area (Å²) in [4.78, 5) is 0. The van der Waals surface area contributed by atoms with E-state index in [2.05, 4.69) is 0 Å². The molecule has 0 saturated heterocycles. The molecule has 0 aromatic heterocycles. The SMILES string of the molecule is [2H]C(C)(CC(F)(F)F)CC(F)(F)F. The summed E-state index contributed by atoms with van der Waals surface area (Å²) in [5.41, 5.74) is 0. The Morgan fingerprint density at radius 2 is 1.25 bits per heavy atom. The van der Waals surface area contributed by atoms with Crippen molar-refractivity contribution in [3.63, 3.8) is 0 Å². The quantitative estimate of drug-likeness (QED) is 0.591. The molecular formula is C6H8F6. The van der Waals surface area contributed by atoms with Gasteiger partial charge in [0.1, 0.15) is 0 Å². The van der Waals surface area contributed by atoms with E-state index in [-0.39, 0.29) is 0 Å². The van der Waals surface area contributed by atoms with E-state index in [0.717, 1.165) is 0 Å². The van der Waals surface area contributed by atoms with Gasteiger partial charge < -0.3 is 0 Å². The fraction of sp³-hybridized carbons (Fsp3) is 1.00. The molecule has 0 atom stereocenters. The lowest BCUT2D eigenvalue weighted by molar-refractivity contribution is -0.170. The minimum atomic E-state index is -4.73. The van der Waals surface area contributed by atoms with Crippen molar-refractivity contribution >= 4 is 0 Å². The summed E-state index contributed by atoms with van der Waals surface area (Å²) >= 11 is 0. The highest BCUT2D eigenvalue weighted by Crippen LogP contribution is 2.32. The average Bonchev–Trinajstić information content (AvgIpc) is 1.43. The zero-order chi connectivity index (χ0) is 10.9. The van der Waals surface area contributed by atoms with E-state index >= 15 is 0 Å². The minimum absolute atomic E-state index is 0.619. The zero-order valence-electron chi connectivity index (χ0n) is 7.18. The van der Waals surface area contributed by atoms with Crippen LogP contribution in [-0.4, -0.2) is 12.4 Å². The van der Waals surface area contributed by atoms with Crippen LogP contribution < -0.4 is 0 Å². The van der Waals surface area contributed by atoms with Crippen LogP contribution in [0.15, 0.2) is 0 Å². The Hall–Kier alpha value is -0.420. The van der Waals surface area contributed by atoms with Crippen LogP contribution in [0.2, 0.25) is 0 Å². The standard InChI is InChI=1S/C6H8F6/c1-4(2-5(7,8)9)3-6(10,11)12/h4H,2-3H2,1H3/i4D. The molecule has 0 aliphatic carbocycles. The second-order valence-electron chi connectivity index (χ2n) is 2.54. The molecule has 12 heavy (non-hydrogen) atoms. The van der Waals surface area contributed by atoms with Gasteiger partial charge in [-0.2, -0.15) is 26.3 Å². The molecule has 0 bridgehead atoms. The summed E-state index contributed by atoms with van der Waals surface area (Å²) in [5.74, 6) is -2.53. The maximum atomic E-state index is 11.6. The lowest BCUT2D eigenvalue weighted by Crippen LogP contribution is -2.19. The van der Waals surface area contributed by atoms with Gasteiger partial charge in [-0.3, -0.25) is 0 Å². The number of hydrogen-bond acceptors (Lipinski definition) is 0. The highest BCUT2D eigenvalue weighted by molar-refractivity contribution is 4.63. The molecule has 74 valence electrons. The van der Waals surface area contributed by atoms with Crippen LogP contribution in [0, 0.1) is 5.89 Å². The summed E-state index contributed by atoms with van der Waals surface area (Å²) in [6, 6.07) is 0. The van der Waals surface area contributed by atoms with Crippen LogP contribution in [-0.2, 0) is 0 Å². The molecule has 0 rings (SSSR count). The molecule has 0 spiro atoms. The van der Waals surface area contributed by atoms with E-state index in [9.17, 15) is 26.3 Å². The molecule has 0 aromatic rings. The zero-order valence-corrected chi connectivity index (χ0v) is 6.18. The molecule has 0 saturated carbocycles.